The van der Waals surface area contributed by atoms with Gasteiger partial charge in [-0.05, 0) is 24.3 Å². The summed E-state index contributed by atoms with van der Waals surface area (Å²) in [5.41, 5.74) is 7.91. The first kappa shape index (κ1) is 13.0. The van der Waals surface area contributed by atoms with Crippen LogP contribution in [0.5, 0.6) is 0 Å². The van der Waals surface area contributed by atoms with Gasteiger partial charge in [-0.15, -0.1) is 11.3 Å². The first-order valence-corrected chi connectivity index (χ1v) is 7.32. The summed E-state index contributed by atoms with van der Waals surface area (Å²) in [6.07, 6.45) is 0. The van der Waals surface area contributed by atoms with E-state index in [1.807, 2.05) is 18.2 Å². The molecule has 0 radical (unpaired) electrons. The molecular formula is C13H7Cl3N2S. The molecule has 0 fully saturated rings. The lowest BCUT2D eigenvalue weighted by Crippen LogP contribution is -1.91. The lowest BCUT2D eigenvalue weighted by molar-refractivity contribution is 1.48. The van der Waals surface area contributed by atoms with Crippen LogP contribution in [0, 0.1) is 0 Å². The monoisotopic (exact) mass is 328 g/mol. The summed E-state index contributed by atoms with van der Waals surface area (Å²) >= 11 is 19.8. The molecule has 2 N–H and O–H groups in total. The van der Waals surface area contributed by atoms with Crippen molar-refractivity contribution >= 4 is 62.0 Å². The Morgan fingerprint density at radius 3 is 2.42 bits per heavy atom. The number of rotatable bonds is 1. The van der Waals surface area contributed by atoms with Crippen LogP contribution in [-0.4, -0.2) is 4.98 Å². The molecule has 6 heteroatoms. The van der Waals surface area contributed by atoms with Gasteiger partial charge in [-0.3, -0.25) is 0 Å². The second kappa shape index (κ2) is 4.84. The molecule has 2 nitrogen and oxygen atoms in total. The van der Waals surface area contributed by atoms with Crippen LogP contribution in [0.25, 0.3) is 20.8 Å². The van der Waals surface area contributed by atoms with E-state index in [2.05, 4.69) is 4.98 Å². The van der Waals surface area contributed by atoms with Crippen molar-refractivity contribution in [1.82, 2.24) is 4.98 Å². The van der Waals surface area contributed by atoms with Gasteiger partial charge in [0.25, 0.3) is 0 Å². The molecule has 3 aromatic rings. The molecule has 1 heterocycles. The summed E-state index contributed by atoms with van der Waals surface area (Å²) in [7, 11) is 0. The maximum absolute atomic E-state index is 6.20. The number of nitrogens with two attached hydrogens (primary N) is 1. The van der Waals surface area contributed by atoms with Crippen molar-refractivity contribution in [2.24, 2.45) is 0 Å². The molecule has 0 bridgehead atoms. The molecule has 0 saturated heterocycles. The first-order valence-electron chi connectivity index (χ1n) is 5.37. The quantitative estimate of drug-likeness (QED) is 0.598. The SMILES string of the molecule is Nc1c(Cl)ccc(Cl)c1-c1nc2cccc(Cl)c2s1. The molecule has 0 atom stereocenters. The number of nitrogen functional groups attached to an aromatic ring is 1. The fourth-order valence-corrected chi connectivity index (χ4v) is 3.60. The summed E-state index contributed by atoms with van der Waals surface area (Å²) in [6, 6.07) is 8.97. The standard InChI is InChI=1S/C13H7Cl3N2S/c14-6-4-5-7(15)11(17)10(6)13-18-9-3-1-2-8(16)12(9)19-13/h1-5H,17H2. The molecule has 3 rings (SSSR count). The molecule has 0 saturated carbocycles. The third-order valence-electron chi connectivity index (χ3n) is 2.72. The minimum Gasteiger partial charge on any atom is -0.397 e. The lowest BCUT2D eigenvalue weighted by Gasteiger charge is -2.06. The largest absolute Gasteiger partial charge is 0.397 e. The number of anilines is 1. The zero-order chi connectivity index (χ0) is 13.6. The zero-order valence-corrected chi connectivity index (χ0v) is 12.5. The second-order valence-electron chi connectivity index (χ2n) is 3.92. The molecule has 0 aliphatic rings. The van der Waals surface area contributed by atoms with Gasteiger partial charge in [0.05, 0.1) is 36.5 Å². The highest BCUT2D eigenvalue weighted by Crippen LogP contribution is 2.42. The van der Waals surface area contributed by atoms with E-state index in [1.54, 1.807) is 12.1 Å². The number of benzene rings is 2. The van der Waals surface area contributed by atoms with Crippen molar-refractivity contribution in [3.63, 3.8) is 0 Å². The van der Waals surface area contributed by atoms with Crippen LogP contribution >= 0.6 is 46.1 Å². The number of hydrogen-bond acceptors (Lipinski definition) is 3. The van der Waals surface area contributed by atoms with Crippen molar-refractivity contribution < 1.29 is 0 Å². The Morgan fingerprint density at radius 2 is 1.68 bits per heavy atom. The number of fused-ring (bicyclic) bond motifs is 1. The summed E-state index contributed by atoms with van der Waals surface area (Å²) in [5.74, 6) is 0. The number of thiazole rings is 1. The van der Waals surface area contributed by atoms with Crippen molar-refractivity contribution in [3.8, 4) is 10.6 Å². The summed E-state index contributed by atoms with van der Waals surface area (Å²) in [4.78, 5) is 4.52. The Kier molecular flexibility index (Phi) is 3.31. The summed E-state index contributed by atoms with van der Waals surface area (Å²) in [5, 5.41) is 2.37. The average Bonchev–Trinajstić information content (AvgIpc) is 2.80. The third-order valence-corrected chi connectivity index (χ3v) is 4.92. The van der Waals surface area contributed by atoms with Gasteiger partial charge in [-0.2, -0.15) is 0 Å². The van der Waals surface area contributed by atoms with E-state index in [0.29, 0.717) is 31.3 Å². The van der Waals surface area contributed by atoms with Crippen LogP contribution in [0.3, 0.4) is 0 Å². The van der Waals surface area contributed by atoms with E-state index in [4.69, 9.17) is 40.5 Å². The summed E-state index contributed by atoms with van der Waals surface area (Å²) in [6.45, 7) is 0. The van der Waals surface area contributed by atoms with Gasteiger partial charge in [0, 0.05) is 0 Å². The molecule has 0 unspecified atom stereocenters. The molecule has 1 aromatic heterocycles. The lowest BCUT2D eigenvalue weighted by atomic mass is 10.2. The maximum Gasteiger partial charge on any atom is 0.128 e. The van der Waals surface area contributed by atoms with E-state index in [0.717, 1.165) is 10.2 Å². The Morgan fingerprint density at radius 1 is 0.947 bits per heavy atom. The Bertz CT molecular complexity index is 783. The van der Waals surface area contributed by atoms with Gasteiger partial charge in [0.2, 0.25) is 0 Å². The zero-order valence-electron chi connectivity index (χ0n) is 9.45. The predicted molar refractivity (Wildman–Crippen MR) is 84.5 cm³/mol. The van der Waals surface area contributed by atoms with E-state index in [1.165, 1.54) is 11.3 Å². The number of nitrogens with zero attached hydrogens (tertiary/aromatic N) is 1. The molecule has 0 spiro atoms. The molecular weight excluding hydrogens is 323 g/mol. The third kappa shape index (κ3) is 2.17. The van der Waals surface area contributed by atoms with E-state index >= 15 is 0 Å². The van der Waals surface area contributed by atoms with Crippen LogP contribution in [-0.2, 0) is 0 Å². The average molecular weight is 330 g/mol. The van der Waals surface area contributed by atoms with Crippen LogP contribution < -0.4 is 5.73 Å². The predicted octanol–water partition coefficient (Wildman–Crippen LogP) is 5.51. The van der Waals surface area contributed by atoms with E-state index in [9.17, 15) is 0 Å². The van der Waals surface area contributed by atoms with E-state index in [-0.39, 0.29) is 0 Å². The van der Waals surface area contributed by atoms with Crippen molar-refractivity contribution in [3.05, 3.63) is 45.4 Å². The van der Waals surface area contributed by atoms with E-state index < -0.39 is 0 Å². The highest BCUT2D eigenvalue weighted by Gasteiger charge is 2.16. The highest BCUT2D eigenvalue weighted by molar-refractivity contribution is 7.22. The van der Waals surface area contributed by atoms with Gasteiger partial charge in [-0.25, -0.2) is 4.98 Å². The summed E-state index contributed by atoms with van der Waals surface area (Å²) < 4.78 is 0.912. The molecule has 2 aromatic carbocycles. The molecule has 19 heavy (non-hydrogen) atoms. The normalized spacial score (nSPS) is 11.1. The van der Waals surface area contributed by atoms with Crippen molar-refractivity contribution in [2.75, 3.05) is 5.73 Å². The maximum atomic E-state index is 6.20. The highest BCUT2D eigenvalue weighted by atomic mass is 35.5. The topological polar surface area (TPSA) is 38.9 Å². The van der Waals surface area contributed by atoms with Crippen molar-refractivity contribution in [1.29, 1.82) is 0 Å². The Balaban J connectivity index is 2.31. The van der Waals surface area contributed by atoms with Gasteiger partial charge in [0.1, 0.15) is 5.01 Å². The number of aromatic nitrogens is 1. The Labute approximate surface area is 128 Å². The number of hydrogen-bond donors (Lipinski definition) is 1. The van der Waals surface area contributed by atoms with Crippen LogP contribution in [0.15, 0.2) is 30.3 Å². The van der Waals surface area contributed by atoms with Gasteiger partial charge in [0.15, 0.2) is 0 Å². The van der Waals surface area contributed by atoms with Crippen LogP contribution in [0.2, 0.25) is 15.1 Å². The smallest absolute Gasteiger partial charge is 0.128 e. The van der Waals surface area contributed by atoms with Gasteiger partial charge in [-0.1, -0.05) is 40.9 Å². The fraction of sp³-hybridized carbons (Fsp3) is 0. The Hall–Kier alpha value is -1.000. The second-order valence-corrected chi connectivity index (χ2v) is 6.15. The fourth-order valence-electron chi connectivity index (χ4n) is 1.81. The minimum absolute atomic E-state index is 0.435. The molecule has 96 valence electrons. The minimum atomic E-state index is 0.435. The van der Waals surface area contributed by atoms with Gasteiger partial charge >= 0.3 is 0 Å². The number of halogens is 3. The molecule has 0 aliphatic heterocycles. The first-order chi connectivity index (χ1) is 9.08. The molecule has 0 amide bonds. The van der Waals surface area contributed by atoms with Gasteiger partial charge < -0.3 is 5.73 Å². The van der Waals surface area contributed by atoms with Crippen LogP contribution in [0.4, 0.5) is 5.69 Å². The van der Waals surface area contributed by atoms with Crippen LogP contribution in [0.1, 0.15) is 0 Å². The van der Waals surface area contributed by atoms with Crippen molar-refractivity contribution in [2.45, 2.75) is 0 Å². The molecule has 0 aliphatic carbocycles.